The number of nitrogens with one attached hydrogen (secondary N) is 1. The highest BCUT2D eigenvalue weighted by molar-refractivity contribution is 5.64. The zero-order chi connectivity index (χ0) is 20.1. The van der Waals surface area contributed by atoms with Gasteiger partial charge in [-0.1, -0.05) is 0 Å². The summed E-state index contributed by atoms with van der Waals surface area (Å²) in [5, 5.41) is 14.2. The van der Waals surface area contributed by atoms with Gasteiger partial charge in [0.15, 0.2) is 0 Å². The molecule has 1 saturated carbocycles. The van der Waals surface area contributed by atoms with Crippen molar-refractivity contribution in [2.24, 2.45) is 11.6 Å². The topological polar surface area (TPSA) is 135 Å². The van der Waals surface area contributed by atoms with E-state index < -0.39 is 0 Å². The van der Waals surface area contributed by atoms with E-state index in [4.69, 9.17) is 16.3 Å². The molecule has 2 aromatic heterocycles. The lowest BCUT2D eigenvalue weighted by molar-refractivity contribution is 0.201. The number of aryl methyl sites for hydroxylation is 1. The van der Waals surface area contributed by atoms with Crippen LogP contribution in [-0.2, 0) is 0 Å². The van der Waals surface area contributed by atoms with Crippen molar-refractivity contribution in [2.75, 3.05) is 18.9 Å². The van der Waals surface area contributed by atoms with Gasteiger partial charge in [-0.05, 0) is 44.7 Å². The highest BCUT2D eigenvalue weighted by Gasteiger charge is 2.17. The Morgan fingerprint density at radius 1 is 1.29 bits per heavy atom. The first-order valence-electron chi connectivity index (χ1n) is 9.31. The highest BCUT2D eigenvalue weighted by Crippen LogP contribution is 2.23. The van der Waals surface area contributed by atoms with Gasteiger partial charge in [0.2, 0.25) is 11.8 Å². The van der Waals surface area contributed by atoms with Gasteiger partial charge in [0.25, 0.3) is 0 Å². The lowest BCUT2D eigenvalue weighted by Gasteiger charge is -2.20. The summed E-state index contributed by atoms with van der Waals surface area (Å²) in [6.07, 6.45) is 6.40. The van der Waals surface area contributed by atoms with Crippen LogP contribution in [0, 0.1) is 6.92 Å². The molecule has 28 heavy (non-hydrogen) atoms. The SMILES string of the molecule is Cc1nc(/C(N)=C(\CNc2nccc(OC3CCCC3)n2)N(C)N)ccc1O. The molecular formula is C19H27N7O2. The van der Waals surface area contributed by atoms with Crippen LogP contribution in [-0.4, -0.2) is 44.8 Å². The molecule has 0 unspecified atom stereocenters. The monoisotopic (exact) mass is 385 g/mol. The molecule has 0 atom stereocenters. The highest BCUT2D eigenvalue weighted by atomic mass is 16.5. The fourth-order valence-electron chi connectivity index (χ4n) is 3.09. The fourth-order valence-corrected chi connectivity index (χ4v) is 3.09. The van der Waals surface area contributed by atoms with Crippen LogP contribution in [0.3, 0.4) is 0 Å². The van der Waals surface area contributed by atoms with Crippen molar-refractivity contribution in [3.63, 3.8) is 0 Å². The molecule has 0 radical (unpaired) electrons. The second-order valence-corrected chi connectivity index (χ2v) is 6.87. The number of anilines is 1. The van der Waals surface area contributed by atoms with Gasteiger partial charge in [-0.3, -0.25) is 0 Å². The largest absolute Gasteiger partial charge is 0.506 e. The summed E-state index contributed by atoms with van der Waals surface area (Å²) < 4.78 is 5.91. The van der Waals surface area contributed by atoms with Crippen molar-refractivity contribution in [2.45, 2.75) is 38.7 Å². The Hall–Kier alpha value is -3.07. The van der Waals surface area contributed by atoms with E-state index in [1.54, 1.807) is 38.4 Å². The second-order valence-electron chi connectivity index (χ2n) is 6.87. The fraction of sp³-hybridized carbons (Fsp3) is 0.421. The van der Waals surface area contributed by atoms with Crippen molar-refractivity contribution in [1.82, 2.24) is 20.0 Å². The van der Waals surface area contributed by atoms with Gasteiger partial charge < -0.3 is 25.9 Å². The van der Waals surface area contributed by atoms with Crippen molar-refractivity contribution >= 4 is 11.6 Å². The number of hydrazine groups is 1. The van der Waals surface area contributed by atoms with Crippen molar-refractivity contribution in [3.8, 4) is 11.6 Å². The van der Waals surface area contributed by atoms with Crippen LogP contribution < -0.4 is 21.6 Å². The lowest BCUT2D eigenvalue weighted by atomic mass is 10.2. The summed E-state index contributed by atoms with van der Waals surface area (Å²) >= 11 is 0. The van der Waals surface area contributed by atoms with Crippen molar-refractivity contribution in [3.05, 3.63) is 41.5 Å². The minimum absolute atomic E-state index is 0.116. The molecule has 0 saturated heterocycles. The summed E-state index contributed by atoms with van der Waals surface area (Å²) in [5.74, 6) is 7.06. The first kappa shape index (κ1) is 19.7. The maximum atomic E-state index is 9.66. The Bertz CT molecular complexity index is 848. The molecule has 6 N–H and O–H groups in total. The Morgan fingerprint density at radius 3 is 2.71 bits per heavy atom. The van der Waals surface area contributed by atoms with E-state index in [0.29, 0.717) is 41.2 Å². The second kappa shape index (κ2) is 8.75. The number of ether oxygens (including phenoxy) is 1. The van der Waals surface area contributed by atoms with Gasteiger partial charge in [0, 0.05) is 19.3 Å². The van der Waals surface area contributed by atoms with Crippen LogP contribution in [0.1, 0.15) is 37.1 Å². The first-order chi connectivity index (χ1) is 13.4. The molecule has 9 nitrogen and oxygen atoms in total. The molecule has 3 rings (SSSR count). The summed E-state index contributed by atoms with van der Waals surface area (Å²) in [4.78, 5) is 12.9. The van der Waals surface area contributed by atoms with Gasteiger partial charge in [-0.25, -0.2) is 15.8 Å². The number of pyridine rings is 1. The summed E-state index contributed by atoms with van der Waals surface area (Å²) in [6.45, 7) is 2.01. The third kappa shape index (κ3) is 4.80. The quantitative estimate of drug-likeness (QED) is 0.415. The molecule has 9 heteroatoms. The number of nitrogens with zero attached hydrogens (tertiary/aromatic N) is 4. The molecule has 1 fully saturated rings. The predicted octanol–water partition coefficient (Wildman–Crippen LogP) is 1.75. The van der Waals surface area contributed by atoms with E-state index in [1.165, 1.54) is 17.9 Å². The molecule has 0 amide bonds. The van der Waals surface area contributed by atoms with Gasteiger partial charge >= 0.3 is 0 Å². The van der Waals surface area contributed by atoms with Gasteiger partial charge in [0.1, 0.15) is 11.9 Å². The molecule has 2 aromatic rings. The Kier molecular flexibility index (Phi) is 6.15. The molecular weight excluding hydrogens is 358 g/mol. The van der Waals surface area contributed by atoms with E-state index in [1.807, 2.05) is 0 Å². The number of likely N-dealkylation sites (N-methyl/N-ethyl adjacent to an activating group) is 1. The maximum Gasteiger partial charge on any atom is 0.226 e. The number of aromatic nitrogens is 3. The smallest absolute Gasteiger partial charge is 0.226 e. The minimum Gasteiger partial charge on any atom is -0.506 e. The van der Waals surface area contributed by atoms with Crippen LogP contribution in [0.25, 0.3) is 5.70 Å². The molecule has 150 valence electrons. The Morgan fingerprint density at radius 2 is 2.04 bits per heavy atom. The molecule has 1 aliphatic rings. The third-order valence-corrected chi connectivity index (χ3v) is 4.70. The third-order valence-electron chi connectivity index (χ3n) is 4.70. The van der Waals surface area contributed by atoms with Gasteiger partial charge in [0.05, 0.1) is 29.3 Å². The van der Waals surface area contributed by atoms with Gasteiger partial charge in [-0.15, -0.1) is 0 Å². The minimum atomic E-state index is 0.116. The van der Waals surface area contributed by atoms with E-state index in [9.17, 15) is 5.11 Å². The van der Waals surface area contributed by atoms with Crippen molar-refractivity contribution < 1.29 is 9.84 Å². The van der Waals surface area contributed by atoms with Gasteiger partial charge in [-0.2, -0.15) is 4.98 Å². The van der Waals surface area contributed by atoms with E-state index in [-0.39, 0.29) is 11.9 Å². The van der Waals surface area contributed by atoms with Crippen LogP contribution in [0.5, 0.6) is 11.6 Å². The summed E-state index contributed by atoms with van der Waals surface area (Å²) in [7, 11) is 1.69. The number of aromatic hydroxyl groups is 1. The van der Waals surface area contributed by atoms with E-state index in [2.05, 4.69) is 20.3 Å². The molecule has 0 aromatic carbocycles. The lowest BCUT2D eigenvalue weighted by Crippen LogP contribution is -2.32. The molecule has 2 heterocycles. The number of hydrogen-bond donors (Lipinski definition) is 4. The van der Waals surface area contributed by atoms with E-state index in [0.717, 1.165) is 12.8 Å². The first-order valence-corrected chi connectivity index (χ1v) is 9.31. The Labute approximate surface area is 164 Å². The molecule has 0 aliphatic heterocycles. The maximum absolute atomic E-state index is 9.66. The van der Waals surface area contributed by atoms with E-state index >= 15 is 0 Å². The molecule has 0 spiro atoms. The standard InChI is InChI=1S/C19H27N7O2/c1-12-16(27)8-7-14(24-12)18(20)15(26(2)21)11-23-19-22-10-9-17(25-19)28-13-5-3-4-6-13/h7-10,13,27H,3-6,11,20-21H2,1-2H3,(H,22,23,25)/b18-15-. The summed E-state index contributed by atoms with van der Waals surface area (Å²) in [5.41, 5.74) is 8.31. The predicted molar refractivity (Wildman–Crippen MR) is 107 cm³/mol. The number of nitrogens with two attached hydrogens (primary N) is 2. The zero-order valence-electron chi connectivity index (χ0n) is 16.2. The number of rotatable bonds is 7. The van der Waals surface area contributed by atoms with Crippen molar-refractivity contribution in [1.29, 1.82) is 0 Å². The molecule has 0 bridgehead atoms. The van der Waals surface area contributed by atoms with Crippen LogP contribution >= 0.6 is 0 Å². The average molecular weight is 385 g/mol. The molecule has 1 aliphatic carbocycles. The summed E-state index contributed by atoms with van der Waals surface area (Å²) in [6, 6.07) is 4.96. The average Bonchev–Trinajstić information content (AvgIpc) is 3.17. The normalized spacial score (nSPS) is 15.2. The van der Waals surface area contributed by atoms with Crippen LogP contribution in [0.15, 0.2) is 30.1 Å². The zero-order valence-corrected chi connectivity index (χ0v) is 16.2. The van der Waals surface area contributed by atoms with Crippen LogP contribution in [0.2, 0.25) is 0 Å². The Balaban J connectivity index is 1.73. The van der Waals surface area contributed by atoms with Crippen LogP contribution in [0.4, 0.5) is 5.95 Å². The number of hydrogen-bond acceptors (Lipinski definition) is 9.